The number of thiophene rings is 1. The van der Waals surface area contributed by atoms with Gasteiger partial charge in [-0.15, -0.1) is 11.3 Å². The topological polar surface area (TPSA) is 67.9 Å². The predicted molar refractivity (Wildman–Crippen MR) is 88.7 cm³/mol. The summed E-state index contributed by atoms with van der Waals surface area (Å²) in [7, 11) is 1.65. The van der Waals surface area contributed by atoms with Crippen molar-refractivity contribution in [2.45, 2.75) is 37.4 Å². The summed E-state index contributed by atoms with van der Waals surface area (Å²) < 4.78 is 6.80. The Morgan fingerprint density at radius 2 is 2.36 bits per heavy atom. The molecule has 0 saturated heterocycles. The lowest BCUT2D eigenvalue weighted by Crippen LogP contribution is -2.24. The Morgan fingerprint density at radius 1 is 1.50 bits per heavy atom. The first kappa shape index (κ1) is 15.5. The number of rotatable bonds is 6. The zero-order chi connectivity index (χ0) is 15.5. The first-order valence-corrected chi connectivity index (χ1v) is 9.10. The first-order valence-electron chi connectivity index (χ1n) is 7.30. The Balaban J connectivity index is 2.09. The van der Waals surface area contributed by atoms with Crippen molar-refractivity contribution in [2.75, 3.05) is 19.5 Å². The maximum absolute atomic E-state index is 12.9. The normalized spacial score (nSPS) is 13.5. The second-order valence-electron chi connectivity index (χ2n) is 5.18. The van der Waals surface area contributed by atoms with Crippen molar-refractivity contribution in [3.63, 3.8) is 0 Å². The van der Waals surface area contributed by atoms with E-state index in [0.717, 1.165) is 35.9 Å². The smallest absolute Gasteiger partial charge is 0.263 e. The fourth-order valence-corrected chi connectivity index (χ4v) is 4.82. The third kappa shape index (κ3) is 2.78. The van der Waals surface area contributed by atoms with E-state index < -0.39 is 0 Å². The molecule has 0 bridgehead atoms. The molecule has 116 valence electrons. The Hall–Kier alpha value is -1.36. The minimum atomic E-state index is 0.0425. The van der Waals surface area contributed by atoms with E-state index in [1.54, 1.807) is 23.0 Å². The summed E-state index contributed by atoms with van der Waals surface area (Å²) in [4.78, 5) is 19.7. The number of aryl methyl sites for hydroxylation is 2. The second kappa shape index (κ2) is 6.82. The fourth-order valence-electron chi connectivity index (χ4n) is 2.83. The van der Waals surface area contributed by atoms with Gasteiger partial charge >= 0.3 is 0 Å². The van der Waals surface area contributed by atoms with Gasteiger partial charge in [0.15, 0.2) is 5.16 Å². The highest BCUT2D eigenvalue weighted by molar-refractivity contribution is 7.99. The molecule has 0 N–H and O–H groups in total. The van der Waals surface area contributed by atoms with E-state index in [4.69, 9.17) is 10.00 Å². The molecule has 5 nitrogen and oxygen atoms in total. The molecular formula is C15H17N3O2S2. The molecule has 0 unspecified atom stereocenters. The third-order valence-electron chi connectivity index (χ3n) is 3.79. The summed E-state index contributed by atoms with van der Waals surface area (Å²) >= 11 is 2.97. The van der Waals surface area contributed by atoms with Crippen LogP contribution in [0.25, 0.3) is 10.2 Å². The number of hydrogen-bond donors (Lipinski definition) is 0. The van der Waals surface area contributed by atoms with Gasteiger partial charge in [-0.05, 0) is 31.2 Å². The van der Waals surface area contributed by atoms with E-state index in [-0.39, 0.29) is 5.56 Å². The molecule has 0 atom stereocenters. The quantitative estimate of drug-likeness (QED) is 0.461. The SMILES string of the molecule is COCCCn1c(SCC#N)nc2sc3c(c2c1=O)CCC3. The van der Waals surface area contributed by atoms with Crippen LogP contribution in [0.4, 0.5) is 0 Å². The predicted octanol–water partition coefficient (Wildman–Crippen LogP) is 2.60. The highest BCUT2D eigenvalue weighted by Gasteiger charge is 2.23. The number of hydrogen-bond acceptors (Lipinski definition) is 6. The molecule has 0 aliphatic heterocycles. The van der Waals surface area contributed by atoms with Gasteiger partial charge in [-0.1, -0.05) is 11.8 Å². The highest BCUT2D eigenvalue weighted by Crippen LogP contribution is 2.35. The van der Waals surface area contributed by atoms with Crippen LogP contribution >= 0.6 is 23.1 Å². The summed E-state index contributed by atoms with van der Waals surface area (Å²) in [6, 6.07) is 2.10. The van der Waals surface area contributed by atoms with Crippen LogP contribution in [0, 0.1) is 11.3 Å². The fraction of sp³-hybridized carbons (Fsp3) is 0.533. The van der Waals surface area contributed by atoms with Crippen molar-refractivity contribution >= 4 is 33.3 Å². The maximum Gasteiger partial charge on any atom is 0.263 e. The van der Waals surface area contributed by atoms with Crippen molar-refractivity contribution in [3.8, 4) is 6.07 Å². The van der Waals surface area contributed by atoms with Gasteiger partial charge in [0, 0.05) is 25.1 Å². The summed E-state index contributed by atoms with van der Waals surface area (Å²) in [5, 5.41) is 10.3. The molecule has 2 aromatic heterocycles. The zero-order valence-corrected chi connectivity index (χ0v) is 14.1. The van der Waals surface area contributed by atoms with Crippen LogP contribution in [-0.2, 0) is 24.1 Å². The van der Waals surface area contributed by atoms with Crippen LogP contribution in [0.2, 0.25) is 0 Å². The van der Waals surface area contributed by atoms with E-state index in [1.165, 1.54) is 22.2 Å². The summed E-state index contributed by atoms with van der Waals surface area (Å²) in [6.45, 7) is 1.18. The third-order valence-corrected chi connectivity index (χ3v) is 5.81. The molecule has 0 radical (unpaired) electrons. The second-order valence-corrected chi connectivity index (χ2v) is 7.21. The van der Waals surface area contributed by atoms with E-state index in [9.17, 15) is 4.79 Å². The van der Waals surface area contributed by atoms with Crippen molar-refractivity contribution in [1.29, 1.82) is 5.26 Å². The maximum atomic E-state index is 12.9. The van der Waals surface area contributed by atoms with Crippen LogP contribution in [0.15, 0.2) is 9.95 Å². The Morgan fingerprint density at radius 3 is 3.14 bits per heavy atom. The molecule has 0 saturated carbocycles. The standard InChI is InChI=1S/C15H17N3O2S2/c1-20-8-3-7-18-14(19)12-10-4-2-5-11(10)22-13(12)17-15(18)21-9-6-16/h2-5,7-9H2,1H3. The molecule has 3 rings (SSSR count). The van der Waals surface area contributed by atoms with E-state index in [2.05, 4.69) is 11.1 Å². The average molecular weight is 335 g/mol. The molecule has 1 aliphatic rings. The highest BCUT2D eigenvalue weighted by atomic mass is 32.2. The van der Waals surface area contributed by atoms with Gasteiger partial charge in [-0.25, -0.2) is 4.98 Å². The molecule has 0 aromatic carbocycles. The average Bonchev–Trinajstić information content (AvgIpc) is 3.08. The van der Waals surface area contributed by atoms with Crippen LogP contribution in [-0.4, -0.2) is 29.0 Å². The number of fused-ring (bicyclic) bond motifs is 3. The minimum Gasteiger partial charge on any atom is -0.385 e. The van der Waals surface area contributed by atoms with E-state index >= 15 is 0 Å². The van der Waals surface area contributed by atoms with Crippen LogP contribution < -0.4 is 5.56 Å². The van der Waals surface area contributed by atoms with Crippen LogP contribution in [0.5, 0.6) is 0 Å². The molecule has 0 spiro atoms. The number of thioether (sulfide) groups is 1. The van der Waals surface area contributed by atoms with E-state index in [1.807, 2.05) is 0 Å². The first-order chi connectivity index (χ1) is 10.8. The summed E-state index contributed by atoms with van der Waals surface area (Å²) in [6.07, 6.45) is 3.93. The zero-order valence-electron chi connectivity index (χ0n) is 12.4. The lowest BCUT2D eigenvalue weighted by atomic mass is 10.2. The van der Waals surface area contributed by atoms with Crippen molar-refractivity contribution in [1.82, 2.24) is 9.55 Å². The lowest BCUT2D eigenvalue weighted by molar-refractivity contribution is 0.189. The molecular weight excluding hydrogens is 318 g/mol. The van der Waals surface area contributed by atoms with E-state index in [0.29, 0.717) is 24.1 Å². The van der Waals surface area contributed by atoms with Crippen LogP contribution in [0.1, 0.15) is 23.3 Å². The van der Waals surface area contributed by atoms with Crippen LogP contribution in [0.3, 0.4) is 0 Å². The molecule has 22 heavy (non-hydrogen) atoms. The number of nitrogens with zero attached hydrogens (tertiary/aromatic N) is 3. The monoisotopic (exact) mass is 335 g/mol. The minimum absolute atomic E-state index is 0.0425. The van der Waals surface area contributed by atoms with Gasteiger partial charge in [-0.3, -0.25) is 9.36 Å². The number of nitriles is 1. The summed E-state index contributed by atoms with van der Waals surface area (Å²) in [5.41, 5.74) is 1.25. The van der Waals surface area contributed by atoms with Gasteiger partial charge in [0.1, 0.15) is 4.83 Å². The van der Waals surface area contributed by atoms with Gasteiger partial charge in [0.25, 0.3) is 5.56 Å². The molecule has 2 aromatic rings. The number of aromatic nitrogens is 2. The Kier molecular flexibility index (Phi) is 4.81. The molecule has 7 heteroatoms. The van der Waals surface area contributed by atoms with Gasteiger partial charge < -0.3 is 4.74 Å². The Bertz CT molecular complexity index is 789. The lowest BCUT2D eigenvalue weighted by Gasteiger charge is -2.11. The number of ether oxygens (including phenoxy) is 1. The number of methoxy groups -OCH3 is 1. The molecule has 0 fully saturated rings. The largest absolute Gasteiger partial charge is 0.385 e. The van der Waals surface area contributed by atoms with Gasteiger partial charge in [-0.2, -0.15) is 5.26 Å². The van der Waals surface area contributed by atoms with Gasteiger partial charge in [0.05, 0.1) is 17.2 Å². The van der Waals surface area contributed by atoms with Crippen molar-refractivity contribution in [3.05, 3.63) is 20.8 Å². The molecule has 0 amide bonds. The van der Waals surface area contributed by atoms with Crippen molar-refractivity contribution < 1.29 is 4.74 Å². The molecule has 1 aliphatic carbocycles. The summed E-state index contributed by atoms with van der Waals surface area (Å²) in [5.74, 6) is 0.299. The Labute approximate surface area is 136 Å². The molecule has 2 heterocycles. The van der Waals surface area contributed by atoms with Crippen molar-refractivity contribution in [2.24, 2.45) is 0 Å². The van der Waals surface area contributed by atoms with Gasteiger partial charge in [0.2, 0.25) is 0 Å².